The zero-order chi connectivity index (χ0) is 11.8. The third kappa shape index (κ3) is 4.99. The number of aliphatic hydroxyl groups is 1. The number of rotatable bonds is 7. The fraction of sp³-hybridized carbons (Fsp3) is 0.500. The van der Waals surface area contributed by atoms with Gasteiger partial charge in [-0.1, -0.05) is 12.1 Å². The Morgan fingerprint density at radius 2 is 2.25 bits per heavy atom. The summed E-state index contributed by atoms with van der Waals surface area (Å²) in [5.41, 5.74) is 6.97. The minimum atomic E-state index is 0.0752. The lowest BCUT2D eigenvalue weighted by Crippen LogP contribution is -2.05. The van der Waals surface area contributed by atoms with E-state index in [4.69, 9.17) is 15.6 Å². The van der Waals surface area contributed by atoms with E-state index < -0.39 is 0 Å². The first kappa shape index (κ1) is 13.5. The van der Waals surface area contributed by atoms with E-state index in [2.05, 4.69) is 12.1 Å². The number of benzene rings is 1. The van der Waals surface area contributed by atoms with E-state index in [9.17, 15) is 0 Å². The number of hydrogen-bond acceptors (Lipinski definition) is 4. The second-order valence-electron chi connectivity index (χ2n) is 3.55. The first-order valence-corrected chi connectivity index (χ1v) is 6.39. The maximum Gasteiger partial charge on any atom is 0.0698 e. The van der Waals surface area contributed by atoms with Crippen LogP contribution in [0, 0.1) is 0 Å². The summed E-state index contributed by atoms with van der Waals surface area (Å²) in [5.74, 6) is 0.891. The SMILES string of the molecule is CC(N)c1cccc(SCCOCCO)c1. The summed E-state index contributed by atoms with van der Waals surface area (Å²) >= 11 is 1.74. The number of thioether (sulfide) groups is 1. The molecule has 1 atom stereocenters. The summed E-state index contributed by atoms with van der Waals surface area (Å²) in [7, 11) is 0. The van der Waals surface area contributed by atoms with E-state index in [1.165, 1.54) is 4.90 Å². The van der Waals surface area contributed by atoms with E-state index in [0.717, 1.165) is 11.3 Å². The van der Waals surface area contributed by atoms with Gasteiger partial charge in [-0.25, -0.2) is 0 Å². The molecule has 0 aromatic heterocycles. The van der Waals surface area contributed by atoms with Gasteiger partial charge < -0.3 is 15.6 Å². The summed E-state index contributed by atoms with van der Waals surface area (Å²) in [6, 6.07) is 8.32. The van der Waals surface area contributed by atoms with Gasteiger partial charge in [0.25, 0.3) is 0 Å². The smallest absolute Gasteiger partial charge is 0.0698 e. The molecule has 1 rings (SSSR count). The van der Waals surface area contributed by atoms with Crippen molar-refractivity contribution in [1.29, 1.82) is 0 Å². The topological polar surface area (TPSA) is 55.5 Å². The molecule has 0 aliphatic carbocycles. The Hall–Kier alpha value is -0.550. The molecule has 0 aliphatic rings. The largest absolute Gasteiger partial charge is 0.394 e. The van der Waals surface area contributed by atoms with Crippen molar-refractivity contribution >= 4 is 11.8 Å². The Kier molecular flexibility index (Phi) is 6.49. The first-order chi connectivity index (χ1) is 7.74. The lowest BCUT2D eigenvalue weighted by Gasteiger charge is -2.08. The zero-order valence-corrected chi connectivity index (χ0v) is 10.4. The third-order valence-corrected chi connectivity index (χ3v) is 3.07. The van der Waals surface area contributed by atoms with Gasteiger partial charge in [0.2, 0.25) is 0 Å². The highest BCUT2D eigenvalue weighted by Crippen LogP contribution is 2.21. The highest BCUT2D eigenvalue weighted by molar-refractivity contribution is 7.99. The van der Waals surface area contributed by atoms with Crippen LogP contribution in [0.3, 0.4) is 0 Å². The average Bonchev–Trinajstić information content (AvgIpc) is 2.29. The Balaban J connectivity index is 2.33. The van der Waals surface area contributed by atoms with E-state index in [1.807, 2.05) is 19.1 Å². The Morgan fingerprint density at radius 3 is 2.94 bits per heavy atom. The molecule has 0 saturated heterocycles. The van der Waals surface area contributed by atoms with Crippen LogP contribution in [0.25, 0.3) is 0 Å². The molecule has 1 aromatic carbocycles. The molecular formula is C12H19NO2S. The molecule has 16 heavy (non-hydrogen) atoms. The Bertz CT molecular complexity index is 305. The molecule has 0 aliphatic heterocycles. The number of aliphatic hydroxyl groups excluding tert-OH is 1. The minimum Gasteiger partial charge on any atom is -0.394 e. The summed E-state index contributed by atoms with van der Waals surface area (Å²) in [5, 5.41) is 8.53. The fourth-order valence-electron chi connectivity index (χ4n) is 1.27. The third-order valence-electron chi connectivity index (χ3n) is 2.12. The molecule has 0 bridgehead atoms. The zero-order valence-electron chi connectivity index (χ0n) is 9.56. The van der Waals surface area contributed by atoms with Gasteiger partial charge in [0, 0.05) is 16.7 Å². The van der Waals surface area contributed by atoms with E-state index in [0.29, 0.717) is 13.2 Å². The Morgan fingerprint density at radius 1 is 1.44 bits per heavy atom. The highest BCUT2D eigenvalue weighted by Gasteiger charge is 2.00. The molecule has 0 saturated carbocycles. The van der Waals surface area contributed by atoms with Crippen LogP contribution < -0.4 is 5.73 Å². The quantitative estimate of drug-likeness (QED) is 0.564. The molecule has 4 heteroatoms. The van der Waals surface area contributed by atoms with Gasteiger partial charge in [-0.05, 0) is 24.6 Å². The fourth-order valence-corrected chi connectivity index (χ4v) is 2.10. The van der Waals surface area contributed by atoms with Crippen LogP contribution in [0.2, 0.25) is 0 Å². The molecule has 1 aromatic rings. The van der Waals surface area contributed by atoms with Crippen LogP contribution in [0.4, 0.5) is 0 Å². The molecule has 1 unspecified atom stereocenters. The molecule has 3 nitrogen and oxygen atoms in total. The molecule has 0 heterocycles. The second-order valence-corrected chi connectivity index (χ2v) is 4.71. The predicted octanol–water partition coefficient (Wildman–Crippen LogP) is 1.81. The molecular weight excluding hydrogens is 222 g/mol. The molecule has 0 spiro atoms. The molecule has 3 N–H and O–H groups in total. The lowest BCUT2D eigenvalue weighted by molar-refractivity contribution is 0.103. The molecule has 0 fully saturated rings. The van der Waals surface area contributed by atoms with Crippen LogP contribution >= 0.6 is 11.8 Å². The summed E-state index contributed by atoms with van der Waals surface area (Å²) < 4.78 is 5.19. The first-order valence-electron chi connectivity index (χ1n) is 5.41. The van der Waals surface area contributed by atoms with Crippen molar-refractivity contribution in [2.45, 2.75) is 17.9 Å². The average molecular weight is 241 g/mol. The standard InChI is InChI=1S/C12H19NO2S/c1-10(13)11-3-2-4-12(9-11)16-8-7-15-6-5-14/h2-4,9-10,14H,5-8,13H2,1H3. The van der Waals surface area contributed by atoms with E-state index in [-0.39, 0.29) is 12.6 Å². The molecule has 90 valence electrons. The van der Waals surface area contributed by atoms with Crippen molar-refractivity contribution in [1.82, 2.24) is 0 Å². The maximum absolute atomic E-state index is 8.53. The van der Waals surface area contributed by atoms with Crippen molar-refractivity contribution in [2.75, 3.05) is 25.6 Å². The van der Waals surface area contributed by atoms with Gasteiger partial charge in [-0.15, -0.1) is 11.8 Å². The number of nitrogens with two attached hydrogens (primary N) is 1. The van der Waals surface area contributed by atoms with Crippen LogP contribution in [0.1, 0.15) is 18.5 Å². The van der Waals surface area contributed by atoms with E-state index >= 15 is 0 Å². The highest BCUT2D eigenvalue weighted by atomic mass is 32.2. The van der Waals surface area contributed by atoms with Crippen LogP contribution in [0.15, 0.2) is 29.2 Å². The monoisotopic (exact) mass is 241 g/mol. The van der Waals surface area contributed by atoms with Crippen molar-refractivity contribution in [3.8, 4) is 0 Å². The van der Waals surface area contributed by atoms with Gasteiger partial charge in [0.05, 0.1) is 19.8 Å². The summed E-state index contributed by atoms with van der Waals surface area (Å²) in [4.78, 5) is 1.21. The number of ether oxygens (including phenoxy) is 1. The van der Waals surface area contributed by atoms with Crippen LogP contribution in [0.5, 0.6) is 0 Å². The lowest BCUT2D eigenvalue weighted by atomic mass is 10.1. The maximum atomic E-state index is 8.53. The van der Waals surface area contributed by atoms with Crippen LogP contribution in [-0.4, -0.2) is 30.7 Å². The van der Waals surface area contributed by atoms with Gasteiger partial charge >= 0.3 is 0 Å². The van der Waals surface area contributed by atoms with Crippen molar-refractivity contribution in [2.24, 2.45) is 5.73 Å². The molecule has 0 radical (unpaired) electrons. The van der Waals surface area contributed by atoms with Crippen molar-refractivity contribution in [3.63, 3.8) is 0 Å². The van der Waals surface area contributed by atoms with Gasteiger partial charge in [-0.3, -0.25) is 0 Å². The van der Waals surface area contributed by atoms with Crippen molar-refractivity contribution in [3.05, 3.63) is 29.8 Å². The molecule has 0 amide bonds. The second kappa shape index (κ2) is 7.68. The van der Waals surface area contributed by atoms with Gasteiger partial charge in [-0.2, -0.15) is 0 Å². The summed E-state index contributed by atoms with van der Waals surface area (Å²) in [6.45, 7) is 3.15. The summed E-state index contributed by atoms with van der Waals surface area (Å²) in [6.07, 6.45) is 0. The Labute approximate surface area is 101 Å². The van der Waals surface area contributed by atoms with E-state index in [1.54, 1.807) is 11.8 Å². The predicted molar refractivity (Wildman–Crippen MR) is 67.7 cm³/mol. The van der Waals surface area contributed by atoms with Gasteiger partial charge in [0.1, 0.15) is 0 Å². The minimum absolute atomic E-state index is 0.0752. The number of hydrogen-bond donors (Lipinski definition) is 2. The van der Waals surface area contributed by atoms with Crippen LogP contribution in [-0.2, 0) is 4.74 Å². The van der Waals surface area contributed by atoms with Gasteiger partial charge in [0.15, 0.2) is 0 Å². The van der Waals surface area contributed by atoms with Crippen molar-refractivity contribution < 1.29 is 9.84 Å². The normalized spacial score (nSPS) is 12.7.